The van der Waals surface area contributed by atoms with Gasteiger partial charge in [-0.15, -0.1) is 0 Å². The molecule has 0 radical (unpaired) electrons. The van der Waals surface area contributed by atoms with Crippen molar-refractivity contribution >= 4 is 23.6 Å². The SMILES string of the molecule is CCCCC(CC)COC(=O)/C=C/c1cccc(Cl)c1. The van der Waals surface area contributed by atoms with Crippen LogP contribution in [0.4, 0.5) is 0 Å². The van der Waals surface area contributed by atoms with Crippen LogP contribution in [0.5, 0.6) is 0 Å². The highest BCUT2D eigenvalue weighted by Gasteiger charge is 2.08. The zero-order chi connectivity index (χ0) is 14.8. The average Bonchev–Trinajstić information content (AvgIpc) is 2.45. The van der Waals surface area contributed by atoms with Gasteiger partial charge in [-0.3, -0.25) is 0 Å². The van der Waals surface area contributed by atoms with Gasteiger partial charge in [0.05, 0.1) is 6.61 Å². The van der Waals surface area contributed by atoms with Crippen molar-refractivity contribution in [3.63, 3.8) is 0 Å². The van der Waals surface area contributed by atoms with Gasteiger partial charge in [-0.2, -0.15) is 0 Å². The Morgan fingerprint density at radius 3 is 2.85 bits per heavy atom. The lowest BCUT2D eigenvalue weighted by molar-refractivity contribution is -0.139. The number of unbranched alkanes of at least 4 members (excludes halogenated alkanes) is 1. The number of esters is 1. The maximum atomic E-state index is 11.7. The van der Waals surface area contributed by atoms with E-state index in [9.17, 15) is 4.79 Å². The van der Waals surface area contributed by atoms with Crippen molar-refractivity contribution in [2.45, 2.75) is 39.5 Å². The molecule has 0 aliphatic carbocycles. The first-order valence-corrected chi connectivity index (χ1v) is 7.63. The van der Waals surface area contributed by atoms with Crippen LogP contribution in [0.25, 0.3) is 6.08 Å². The van der Waals surface area contributed by atoms with Crippen molar-refractivity contribution in [1.82, 2.24) is 0 Å². The fourth-order valence-corrected chi connectivity index (χ4v) is 2.12. The molecule has 0 saturated carbocycles. The smallest absolute Gasteiger partial charge is 0.330 e. The molecule has 2 nitrogen and oxygen atoms in total. The molecule has 0 bridgehead atoms. The van der Waals surface area contributed by atoms with E-state index in [0.29, 0.717) is 17.5 Å². The summed E-state index contributed by atoms with van der Waals surface area (Å²) in [5, 5.41) is 0.658. The first kappa shape index (κ1) is 16.8. The molecule has 1 rings (SSSR count). The highest BCUT2D eigenvalue weighted by Crippen LogP contribution is 2.14. The molecule has 0 heterocycles. The fourth-order valence-electron chi connectivity index (χ4n) is 1.92. The van der Waals surface area contributed by atoms with Crippen LogP contribution in [0.3, 0.4) is 0 Å². The van der Waals surface area contributed by atoms with Gasteiger partial charge in [0, 0.05) is 11.1 Å². The summed E-state index contributed by atoms with van der Waals surface area (Å²) >= 11 is 5.88. The average molecular weight is 295 g/mol. The third-order valence-corrected chi connectivity index (χ3v) is 3.50. The molecular formula is C17H23ClO2. The quantitative estimate of drug-likeness (QED) is 0.492. The normalized spacial score (nSPS) is 12.6. The molecule has 0 saturated heterocycles. The summed E-state index contributed by atoms with van der Waals surface area (Å²) in [5.74, 6) is 0.179. The minimum Gasteiger partial charge on any atom is -0.462 e. The minimum absolute atomic E-state index is 0.292. The second kappa shape index (κ2) is 9.60. The van der Waals surface area contributed by atoms with Crippen LogP contribution in [0.2, 0.25) is 5.02 Å². The van der Waals surface area contributed by atoms with Crippen molar-refractivity contribution in [3.8, 4) is 0 Å². The van der Waals surface area contributed by atoms with Crippen LogP contribution in [0.15, 0.2) is 30.3 Å². The van der Waals surface area contributed by atoms with Gasteiger partial charge in [-0.1, -0.05) is 56.8 Å². The molecule has 0 fully saturated rings. The number of halogens is 1. The lowest BCUT2D eigenvalue weighted by atomic mass is 10.0. The number of rotatable bonds is 8. The Morgan fingerprint density at radius 1 is 1.40 bits per heavy atom. The van der Waals surface area contributed by atoms with Crippen LogP contribution in [-0.4, -0.2) is 12.6 Å². The van der Waals surface area contributed by atoms with Crippen molar-refractivity contribution in [2.75, 3.05) is 6.61 Å². The van der Waals surface area contributed by atoms with E-state index in [1.807, 2.05) is 12.1 Å². The lowest BCUT2D eigenvalue weighted by Gasteiger charge is -2.13. The third kappa shape index (κ3) is 6.76. The summed E-state index contributed by atoms with van der Waals surface area (Å²) in [7, 11) is 0. The predicted molar refractivity (Wildman–Crippen MR) is 84.8 cm³/mol. The van der Waals surface area contributed by atoms with E-state index in [-0.39, 0.29) is 5.97 Å². The number of carbonyl (C=O) groups is 1. The molecule has 0 amide bonds. The summed E-state index contributed by atoms with van der Waals surface area (Å²) in [6.45, 7) is 4.82. The predicted octanol–water partition coefficient (Wildman–Crippen LogP) is 5.11. The largest absolute Gasteiger partial charge is 0.462 e. The first-order chi connectivity index (χ1) is 9.65. The molecule has 1 aromatic rings. The Hall–Kier alpha value is -1.28. The fraction of sp³-hybridized carbons (Fsp3) is 0.471. The van der Waals surface area contributed by atoms with E-state index in [1.54, 1.807) is 18.2 Å². The number of hydrogen-bond donors (Lipinski definition) is 0. The second-order valence-electron chi connectivity index (χ2n) is 4.93. The van der Waals surface area contributed by atoms with Gasteiger partial charge in [-0.05, 0) is 36.1 Å². The van der Waals surface area contributed by atoms with Gasteiger partial charge in [-0.25, -0.2) is 4.79 Å². The molecule has 1 atom stereocenters. The molecule has 0 aliphatic rings. The molecule has 0 aromatic heterocycles. The second-order valence-corrected chi connectivity index (χ2v) is 5.37. The Labute approximate surface area is 126 Å². The lowest BCUT2D eigenvalue weighted by Crippen LogP contribution is -2.12. The molecule has 1 unspecified atom stereocenters. The molecule has 0 spiro atoms. The van der Waals surface area contributed by atoms with E-state index >= 15 is 0 Å². The molecule has 0 aliphatic heterocycles. The van der Waals surface area contributed by atoms with Crippen LogP contribution in [0.1, 0.15) is 45.1 Å². The summed E-state index contributed by atoms with van der Waals surface area (Å²) < 4.78 is 5.29. The standard InChI is InChI=1S/C17H23ClO2/c1-3-5-7-14(4-2)13-20-17(19)11-10-15-8-6-9-16(18)12-15/h6,8-12,14H,3-5,7,13H2,1-2H3/b11-10+. The maximum absolute atomic E-state index is 11.7. The highest BCUT2D eigenvalue weighted by atomic mass is 35.5. The van der Waals surface area contributed by atoms with E-state index < -0.39 is 0 Å². The summed E-state index contributed by atoms with van der Waals surface area (Å²) in [4.78, 5) is 11.7. The molecular weight excluding hydrogens is 272 g/mol. The van der Waals surface area contributed by atoms with Crippen molar-refractivity contribution in [1.29, 1.82) is 0 Å². The summed E-state index contributed by atoms with van der Waals surface area (Å²) in [5.41, 5.74) is 0.896. The molecule has 3 heteroatoms. The highest BCUT2D eigenvalue weighted by molar-refractivity contribution is 6.30. The van der Waals surface area contributed by atoms with E-state index in [2.05, 4.69) is 13.8 Å². The van der Waals surface area contributed by atoms with Crippen LogP contribution in [-0.2, 0) is 9.53 Å². The van der Waals surface area contributed by atoms with Crippen LogP contribution in [0, 0.1) is 5.92 Å². The topological polar surface area (TPSA) is 26.3 Å². The molecule has 0 N–H and O–H groups in total. The Balaban J connectivity index is 2.39. The van der Waals surface area contributed by atoms with Gasteiger partial charge in [0.25, 0.3) is 0 Å². The minimum atomic E-state index is -0.292. The van der Waals surface area contributed by atoms with Gasteiger partial charge in [0.15, 0.2) is 0 Å². The summed E-state index contributed by atoms with van der Waals surface area (Å²) in [6, 6.07) is 7.36. The molecule has 1 aromatic carbocycles. The molecule has 20 heavy (non-hydrogen) atoms. The van der Waals surface area contributed by atoms with E-state index in [1.165, 1.54) is 18.9 Å². The van der Waals surface area contributed by atoms with Crippen molar-refractivity contribution in [2.24, 2.45) is 5.92 Å². The van der Waals surface area contributed by atoms with Gasteiger partial charge >= 0.3 is 5.97 Å². The monoisotopic (exact) mass is 294 g/mol. The van der Waals surface area contributed by atoms with Gasteiger partial charge in [0.1, 0.15) is 0 Å². The Bertz CT molecular complexity index is 440. The number of hydrogen-bond acceptors (Lipinski definition) is 2. The van der Waals surface area contributed by atoms with Crippen molar-refractivity contribution in [3.05, 3.63) is 40.9 Å². The number of ether oxygens (including phenoxy) is 1. The van der Waals surface area contributed by atoms with Gasteiger partial charge in [0.2, 0.25) is 0 Å². The molecule has 110 valence electrons. The van der Waals surface area contributed by atoms with E-state index in [0.717, 1.165) is 18.4 Å². The Kier molecular flexibility index (Phi) is 8.05. The first-order valence-electron chi connectivity index (χ1n) is 7.26. The van der Waals surface area contributed by atoms with Gasteiger partial charge < -0.3 is 4.74 Å². The third-order valence-electron chi connectivity index (χ3n) is 3.27. The number of carbonyl (C=O) groups excluding carboxylic acids is 1. The zero-order valence-corrected chi connectivity index (χ0v) is 13.0. The van der Waals surface area contributed by atoms with Crippen LogP contribution >= 0.6 is 11.6 Å². The number of benzene rings is 1. The Morgan fingerprint density at radius 2 is 2.20 bits per heavy atom. The van der Waals surface area contributed by atoms with Crippen molar-refractivity contribution < 1.29 is 9.53 Å². The maximum Gasteiger partial charge on any atom is 0.330 e. The summed E-state index contributed by atoms with van der Waals surface area (Å²) in [6.07, 6.45) is 7.72. The van der Waals surface area contributed by atoms with E-state index in [4.69, 9.17) is 16.3 Å². The zero-order valence-electron chi connectivity index (χ0n) is 12.3. The van der Waals surface area contributed by atoms with Crippen LogP contribution < -0.4 is 0 Å².